The van der Waals surface area contributed by atoms with Crippen molar-refractivity contribution in [3.63, 3.8) is 0 Å². The van der Waals surface area contributed by atoms with Gasteiger partial charge >= 0.3 is 5.63 Å². The minimum atomic E-state index is -0.393. The fourth-order valence-corrected chi connectivity index (χ4v) is 3.36. The summed E-state index contributed by atoms with van der Waals surface area (Å²) in [6, 6.07) is 15.5. The molecule has 0 spiro atoms. The molecule has 6 heteroatoms. The first kappa shape index (κ1) is 15.2. The van der Waals surface area contributed by atoms with Crippen LogP contribution < -0.4 is 10.5 Å². The summed E-state index contributed by atoms with van der Waals surface area (Å²) in [5, 5.41) is 0.872. The van der Waals surface area contributed by atoms with Gasteiger partial charge in [-0.2, -0.15) is 0 Å². The molecule has 1 fully saturated rings. The van der Waals surface area contributed by atoms with Crippen LogP contribution in [-0.2, 0) is 4.74 Å². The second-order valence-electron chi connectivity index (χ2n) is 6.37. The first-order valence-corrected chi connectivity index (χ1v) is 8.64. The molecular formula is C20H17N3O3. The SMILES string of the molecule is O=c1oc2cc(N3CCOCC3)ccc2cc1-c1nc2ccccc2[nH]1. The molecule has 1 aliphatic rings. The Kier molecular flexibility index (Phi) is 3.50. The maximum absolute atomic E-state index is 12.5. The Bertz CT molecular complexity index is 1120. The number of ether oxygens (including phenoxy) is 1. The van der Waals surface area contributed by atoms with Crippen LogP contribution in [-0.4, -0.2) is 36.3 Å². The molecule has 3 heterocycles. The number of nitrogens with one attached hydrogen (secondary N) is 1. The molecule has 4 aromatic rings. The molecule has 2 aromatic heterocycles. The fourth-order valence-electron chi connectivity index (χ4n) is 3.36. The number of H-pyrrole nitrogens is 1. The van der Waals surface area contributed by atoms with Gasteiger partial charge in [-0.1, -0.05) is 12.1 Å². The van der Waals surface area contributed by atoms with Gasteiger partial charge in [-0.3, -0.25) is 0 Å². The van der Waals surface area contributed by atoms with E-state index in [2.05, 4.69) is 20.9 Å². The van der Waals surface area contributed by atoms with E-state index >= 15 is 0 Å². The second-order valence-corrected chi connectivity index (χ2v) is 6.37. The highest BCUT2D eigenvalue weighted by molar-refractivity contribution is 5.85. The normalized spacial score (nSPS) is 15.0. The largest absolute Gasteiger partial charge is 0.422 e. The highest BCUT2D eigenvalue weighted by atomic mass is 16.5. The van der Waals surface area contributed by atoms with Crippen molar-refractivity contribution < 1.29 is 9.15 Å². The number of rotatable bonds is 2. The van der Waals surface area contributed by atoms with Gasteiger partial charge in [0.05, 0.1) is 24.2 Å². The van der Waals surface area contributed by atoms with E-state index in [4.69, 9.17) is 9.15 Å². The Labute approximate surface area is 149 Å². The number of hydrogen-bond donors (Lipinski definition) is 1. The second kappa shape index (κ2) is 6.00. The average molecular weight is 347 g/mol. The highest BCUT2D eigenvalue weighted by Gasteiger charge is 2.15. The number of aromatic amines is 1. The van der Waals surface area contributed by atoms with Gasteiger partial charge in [0.2, 0.25) is 0 Å². The predicted octanol–water partition coefficient (Wildman–Crippen LogP) is 3.17. The summed E-state index contributed by atoms with van der Waals surface area (Å²) in [7, 11) is 0. The van der Waals surface area contributed by atoms with Crippen molar-refractivity contribution in [2.45, 2.75) is 0 Å². The summed E-state index contributed by atoms with van der Waals surface area (Å²) in [6.45, 7) is 3.11. The van der Waals surface area contributed by atoms with E-state index in [1.165, 1.54) is 0 Å². The quantitative estimate of drug-likeness (QED) is 0.564. The van der Waals surface area contributed by atoms with Crippen LogP contribution >= 0.6 is 0 Å². The third-order valence-corrected chi connectivity index (χ3v) is 4.74. The Morgan fingerprint density at radius 1 is 1.04 bits per heavy atom. The number of hydrogen-bond acceptors (Lipinski definition) is 5. The molecule has 1 saturated heterocycles. The van der Waals surface area contributed by atoms with Crippen LogP contribution in [0.5, 0.6) is 0 Å². The number of imidazole rings is 1. The molecule has 0 unspecified atom stereocenters. The molecule has 0 saturated carbocycles. The number of para-hydroxylation sites is 2. The third kappa shape index (κ3) is 2.55. The average Bonchev–Trinajstić information content (AvgIpc) is 3.11. The molecule has 0 amide bonds. The van der Waals surface area contributed by atoms with Gasteiger partial charge in [-0.05, 0) is 30.3 Å². The van der Waals surface area contributed by atoms with Crippen LogP contribution in [0.25, 0.3) is 33.4 Å². The summed E-state index contributed by atoms with van der Waals surface area (Å²) in [5.41, 5.74) is 3.39. The minimum absolute atomic E-state index is 0.393. The lowest BCUT2D eigenvalue weighted by molar-refractivity contribution is 0.122. The maximum atomic E-state index is 12.5. The van der Waals surface area contributed by atoms with Gasteiger partial charge < -0.3 is 19.0 Å². The molecule has 6 nitrogen and oxygen atoms in total. The van der Waals surface area contributed by atoms with Gasteiger partial charge in [-0.25, -0.2) is 9.78 Å². The summed E-state index contributed by atoms with van der Waals surface area (Å²) in [5.74, 6) is 0.527. The van der Waals surface area contributed by atoms with Crippen LogP contribution in [0.2, 0.25) is 0 Å². The lowest BCUT2D eigenvalue weighted by Crippen LogP contribution is -2.36. The van der Waals surface area contributed by atoms with Gasteiger partial charge in [0.1, 0.15) is 17.0 Å². The zero-order chi connectivity index (χ0) is 17.5. The lowest BCUT2D eigenvalue weighted by Gasteiger charge is -2.28. The number of aromatic nitrogens is 2. The van der Waals surface area contributed by atoms with Crippen LogP contribution in [0, 0.1) is 0 Å². The monoisotopic (exact) mass is 347 g/mol. The van der Waals surface area contributed by atoms with Crippen molar-refractivity contribution in [3.8, 4) is 11.4 Å². The molecule has 1 N–H and O–H groups in total. The molecule has 2 aromatic carbocycles. The molecule has 0 atom stereocenters. The van der Waals surface area contributed by atoms with E-state index in [-0.39, 0.29) is 0 Å². The Hall–Kier alpha value is -3.12. The fraction of sp³-hybridized carbons (Fsp3) is 0.200. The molecule has 5 rings (SSSR count). The molecule has 0 aliphatic carbocycles. The lowest BCUT2D eigenvalue weighted by atomic mass is 10.1. The van der Waals surface area contributed by atoms with Gasteiger partial charge in [0.25, 0.3) is 0 Å². The van der Waals surface area contributed by atoms with Gasteiger partial charge in [0, 0.05) is 30.2 Å². The maximum Gasteiger partial charge on any atom is 0.347 e. The summed E-state index contributed by atoms with van der Waals surface area (Å²) < 4.78 is 11.0. The standard InChI is InChI=1S/C20H17N3O3/c24-20-15(19-21-16-3-1-2-4-17(16)22-19)11-13-5-6-14(12-18(13)26-20)23-7-9-25-10-8-23/h1-6,11-12H,7-10H2,(H,21,22). The van der Waals surface area contributed by atoms with E-state index < -0.39 is 5.63 Å². The number of anilines is 1. The molecule has 0 radical (unpaired) electrons. The van der Waals surface area contributed by atoms with Crippen LogP contribution in [0.15, 0.2) is 57.7 Å². The van der Waals surface area contributed by atoms with E-state index in [0.29, 0.717) is 30.2 Å². The summed E-state index contributed by atoms with van der Waals surface area (Å²) in [6.07, 6.45) is 0. The zero-order valence-corrected chi connectivity index (χ0v) is 14.1. The number of fused-ring (bicyclic) bond motifs is 2. The Morgan fingerprint density at radius 2 is 1.88 bits per heavy atom. The first-order valence-electron chi connectivity index (χ1n) is 8.64. The van der Waals surface area contributed by atoms with E-state index in [9.17, 15) is 4.79 Å². The smallest absolute Gasteiger partial charge is 0.347 e. The van der Waals surface area contributed by atoms with Crippen molar-refractivity contribution in [1.29, 1.82) is 0 Å². The minimum Gasteiger partial charge on any atom is -0.422 e. The van der Waals surface area contributed by atoms with Gasteiger partial charge in [-0.15, -0.1) is 0 Å². The van der Waals surface area contributed by atoms with Crippen molar-refractivity contribution in [2.75, 3.05) is 31.2 Å². The molecule has 130 valence electrons. The van der Waals surface area contributed by atoms with Crippen molar-refractivity contribution in [1.82, 2.24) is 9.97 Å². The number of nitrogens with zero attached hydrogens (tertiary/aromatic N) is 2. The number of morpholine rings is 1. The highest BCUT2D eigenvalue weighted by Crippen LogP contribution is 2.25. The van der Waals surface area contributed by atoms with E-state index in [1.54, 1.807) is 0 Å². The van der Waals surface area contributed by atoms with E-state index in [1.807, 2.05) is 42.5 Å². The van der Waals surface area contributed by atoms with E-state index in [0.717, 1.165) is 35.2 Å². The molecular weight excluding hydrogens is 330 g/mol. The van der Waals surface area contributed by atoms with Gasteiger partial charge in [0.15, 0.2) is 0 Å². The Morgan fingerprint density at radius 3 is 2.73 bits per heavy atom. The number of benzene rings is 2. The van der Waals surface area contributed by atoms with Crippen LogP contribution in [0.4, 0.5) is 5.69 Å². The zero-order valence-electron chi connectivity index (χ0n) is 14.1. The van der Waals surface area contributed by atoms with Crippen molar-refractivity contribution in [2.24, 2.45) is 0 Å². The van der Waals surface area contributed by atoms with Crippen LogP contribution in [0.1, 0.15) is 0 Å². The third-order valence-electron chi connectivity index (χ3n) is 4.74. The van der Waals surface area contributed by atoms with Crippen molar-refractivity contribution in [3.05, 3.63) is 59.0 Å². The Balaban J connectivity index is 1.59. The molecule has 0 bridgehead atoms. The molecule has 1 aliphatic heterocycles. The first-order chi connectivity index (χ1) is 12.8. The summed E-state index contributed by atoms with van der Waals surface area (Å²) >= 11 is 0. The molecule has 26 heavy (non-hydrogen) atoms. The predicted molar refractivity (Wildman–Crippen MR) is 101 cm³/mol. The van der Waals surface area contributed by atoms with Crippen molar-refractivity contribution >= 4 is 27.7 Å². The topological polar surface area (TPSA) is 71.4 Å². The van der Waals surface area contributed by atoms with Crippen LogP contribution in [0.3, 0.4) is 0 Å². The summed E-state index contributed by atoms with van der Waals surface area (Å²) in [4.78, 5) is 22.5.